The van der Waals surface area contributed by atoms with Crippen LogP contribution in [0, 0.1) is 6.92 Å². The van der Waals surface area contributed by atoms with Crippen molar-refractivity contribution in [2.45, 2.75) is 72.1 Å². The summed E-state index contributed by atoms with van der Waals surface area (Å²) in [6.45, 7) is 19.1. The summed E-state index contributed by atoms with van der Waals surface area (Å²) in [6, 6.07) is 51.2. The van der Waals surface area contributed by atoms with Crippen molar-refractivity contribution in [3.63, 3.8) is 0 Å². The lowest BCUT2D eigenvalue weighted by molar-refractivity contribution is 0.589. The zero-order valence-electron chi connectivity index (χ0n) is 33.3. The van der Waals surface area contributed by atoms with Gasteiger partial charge in [-0.3, -0.25) is 0 Å². The number of aryl methyl sites for hydroxylation is 1. The molecule has 10 rings (SSSR count). The number of rotatable bonds is 3. The first-order valence-electron chi connectivity index (χ1n) is 20.0. The molecule has 55 heavy (non-hydrogen) atoms. The highest BCUT2D eigenvalue weighted by Gasteiger charge is 2.44. The molecule has 0 aliphatic carbocycles. The molecular weight excluding hydrogens is 679 g/mol. The average molecular weight is 727 g/mol. The molecule has 0 N–H and O–H groups in total. The minimum Gasteiger partial charge on any atom is -0.148 e. The van der Waals surface area contributed by atoms with Gasteiger partial charge in [0.15, 0.2) is 0 Å². The molecule has 0 spiro atoms. The molecule has 0 unspecified atom stereocenters. The Morgan fingerprint density at radius 3 is 2.00 bits per heavy atom. The van der Waals surface area contributed by atoms with E-state index in [0.717, 1.165) is 0 Å². The lowest BCUT2D eigenvalue weighted by Gasteiger charge is -2.38. The smallest absolute Gasteiger partial charge is 0.148 e. The van der Waals surface area contributed by atoms with Crippen LogP contribution in [0.5, 0.6) is 0 Å². The Balaban J connectivity index is 1.35. The zero-order chi connectivity index (χ0) is 38.0. The Kier molecular flexibility index (Phi) is 7.59. The topological polar surface area (TPSA) is 0 Å². The van der Waals surface area contributed by atoms with Crippen LogP contribution in [0.2, 0.25) is 0 Å². The van der Waals surface area contributed by atoms with E-state index in [2.05, 4.69) is 189 Å². The average Bonchev–Trinajstić information content (AvgIpc) is 3.56. The zero-order valence-corrected chi connectivity index (χ0v) is 34.1. The Labute approximate surface area is 331 Å². The Hall–Kier alpha value is -5.18. The van der Waals surface area contributed by atoms with Gasteiger partial charge in [-0.05, 0) is 106 Å². The summed E-state index contributed by atoms with van der Waals surface area (Å²) in [5, 5.41) is 5.40. The van der Waals surface area contributed by atoms with E-state index >= 15 is 0 Å². The second kappa shape index (κ2) is 12.2. The standard InChI is InChI=1S/C53H47BS/c1-31-24-25-36(52(3,4)5)28-42(31)44-29-37(53(6,7)8)30-46-47(44)32(2)43-26-35(33-16-10-9-11-17-33)27-45-39-21-15-23-41-48(39)51(54(46)49(43)45)55-50(41)40-22-14-19-34-18-12-13-20-38(34)40/h9-30,32H,1-8H3/t32-/m1/s1. The second-order valence-corrected chi connectivity index (χ2v) is 19.2. The SMILES string of the molecule is Cc1ccc(C(C)(C)C)cc1-c1cc(C(C)(C)C)cc2c1[C@H](C)c1cc(-c3ccccc3)cc3c1B2c1sc(-c2cccc4ccccc24)c2cccc-3c12. The maximum Gasteiger partial charge on any atom is 0.256 e. The van der Waals surface area contributed by atoms with E-state index in [4.69, 9.17) is 0 Å². The fourth-order valence-electron chi connectivity index (χ4n) is 9.67. The Morgan fingerprint density at radius 1 is 0.545 bits per heavy atom. The van der Waals surface area contributed by atoms with Crippen molar-refractivity contribution < 1.29 is 0 Å². The summed E-state index contributed by atoms with van der Waals surface area (Å²) in [5.41, 5.74) is 19.5. The Bertz CT molecular complexity index is 2850. The third kappa shape index (κ3) is 5.25. The molecular formula is C53H47BS. The van der Waals surface area contributed by atoms with E-state index < -0.39 is 0 Å². The fraction of sp³-hybridized carbons (Fsp3) is 0.208. The molecule has 0 radical (unpaired) electrons. The van der Waals surface area contributed by atoms with Crippen molar-refractivity contribution in [1.29, 1.82) is 0 Å². The van der Waals surface area contributed by atoms with Gasteiger partial charge in [-0.25, -0.2) is 0 Å². The van der Waals surface area contributed by atoms with Crippen LogP contribution in [-0.2, 0) is 10.8 Å². The lowest BCUT2D eigenvalue weighted by Crippen LogP contribution is -2.59. The summed E-state index contributed by atoms with van der Waals surface area (Å²) >= 11 is 2.03. The van der Waals surface area contributed by atoms with Gasteiger partial charge in [0.25, 0.3) is 6.71 Å². The van der Waals surface area contributed by atoms with E-state index in [-0.39, 0.29) is 23.5 Å². The van der Waals surface area contributed by atoms with Gasteiger partial charge < -0.3 is 0 Å². The predicted octanol–water partition coefficient (Wildman–Crippen LogP) is 12.9. The summed E-state index contributed by atoms with van der Waals surface area (Å²) in [5.74, 6) is 0.212. The van der Waals surface area contributed by atoms with Crippen LogP contribution in [0.15, 0.2) is 133 Å². The van der Waals surface area contributed by atoms with E-state index in [9.17, 15) is 0 Å². The maximum absolute atomic E-state index is 2.61. The van der Waals surface area contributed by atoms with Crippen molar-refractivity contribution in [3.05, 3.63) is 161 Å². The molecule has 1 aromatic heterocycles. The second-order valence-electron chi connectivity index (χ2n) is 18.2. The summed E-state index contributed by atoms with van der Waals surface area (Å²) in [4.78, 5) is 1.38. The number of thiophene rings is 1. The van der Waals surface area contributed by atoms with E-state index in [1.165, 1.54) is 109 Å². The van der Waals surface area contributed by atoms with Gasteiger partial charge in [-0.15, -0.1) is 11.3 Å². The number of benzene rings is 7. The van der Waals surface area contributed by atoms with Crippen LogP contribution in [0.1, 0.15) is 82.2 Å². The molecule has 0 amide bonds. The van der Waals surface area contributed by atoms with Crippen LogP contribution < -0.4 is 15.7 Å². The first-order valence-corrected chi connectivity index (χ1v) is 20.8. The van der Waals surface area contributed by atoms with Gasteiger partial charge in [0.2, 0.25) is 0 Å². The minimum absolute atomic E-state index is 0.0195. The van der Waals surface area contributed by atoms with Gasteiger partial charge >= 0.3 is 0 Å². The van der Waals surface area contributed by atoms with E-state index in [0.29, 0.717) is 0 Å². The molecule has 8 aromatic rings. The summed E-state index contributed by atoms with van der Waals surface area (Å²) in [6.07, 6.45) is 0. The third-order valence-corrected chi connectivity index (χ3v) is 13.9. The van der Waals surface area contributed by atoms with Crippen LogP contribution >= 0.6 is 11.3 Å². The molecule has 2 aliphatic rings. The lowest BCUT2D eigenvalue weighted by atomic mass is 9.32. The quantitative estimate of drug-likeness (QED) is 0.159. The number of hydrogen-bond donors (Lipinski definition) is 0. The largest absolute Gasteiger partial charge is 0.256 e. The molecule has 0 nitrogen and oxygen atoms in total. The van der Waals surface area contributed by atoms with Crippen molar-refractivity contribution >= 4 is 55.3 Å². The highest BCUT2D eigenvalue weighted by atomic mass is 32.1. The normalized spacial score (nSPS) is 14.7. The van der Waals surface area contributed by atoms with Crippen LogP contribution in [0.25, 0.3) is 65.4 Å². The first-order chi connectivity index (χ1) is 26.4. The predicted molar refractivity (Wildman–Crippen MR) is 242 cm³/mol. The molecule has 0 saturated carbocycles. The van der Waals surface area contributed by atoms with Crippen molar-refractivity contribution in [2.24, 2.45) is 0 Å². The van der Waals surface area contributed by atoms with Gasteiger partial charge in [0, 0.05) is 21.7 Å². The Morgan fingerprint density at radius 2 is 1.22 bits per heavy atom. The summed E-state index contributed by atoms with van der Waals surface area (Å²) in [7, 11) is 0. The number of fused-ring (bicyclic) bond motifs is 5. The van der Waals surface area contributed by atoms with E-state index in [1.807, 2.05) is 11.3 Å². The molecule has 0 saturated heterocycles. The van der Waals surface area contributed by atoms with Gasteiger partial charge in [-0.1, -0.05) is 187 Å². The van der Waals surface area contributed by atoms with Gasteiger partial charge in [-0.2, -0.15) is 0 Å². The molecule has 2 aliphatic heterocycles. The third-order valence-electron chi connectivity index (χ3n) is 12.6. The molecule has 7 aromatic carbocycles. The number of hydrogen-bond acceptors (Lipinski definition) is 1. The monoisotopic (exact) mass is 726 g/mol. The minimum atomic E-state index is -0.0195. The van der Waals surface area contributed by atoms with Gasteiger partial charge in [0.1, 0.15) is 0 Å². The molecule has 3 heterocycles. The molecule has 1 atom stereocenters. The van der Waals surface area contributed by atoms with Crippen LogP contribution in [-0.4, -0.2) is 6.71 Å². The van der Waals surface area contributed by atoms with Crippen molar-refractivity contribution in [1.82, 2.24) is 0 Å². The molecule has 0 bridgehead atoms. The molecule has 268 valence electrons. The summed E-state index contributed by atoms with van der Waals surface area (Å²) < 4.78 is 1.49. The highest BCUT2D eigenvalue weighted by Crippen LogP contribution is 2.47. The van der Waals surface area contributed by atoms with E-state index in [1.54, 1.807) is 0 Å². The van der Waals surface area contributed by atoms with Crippen molar-refractivity contribution in [3.8, 4) is 43.8 Å². The molecule has 2 heteroatoms. The highest BCUT2D eigenvalue weighted by molar-refractivity contribution is 7.32. The first kappa shape index (κ1) is 34.3. The maximum atomic E-state index is 2.61. The van der Waals surface area contributed by atoms with Crippen LogP contribution in [0.4, 0.5) is 0 Å². The van der Waals surface area contributed by atoms with Crippen molar-refractivity contribution in [2.75, 3.05) is 0 Å². The molecule has 0 fully saturated rings. The van der Waals surface area contributed by atoms with Crippen LogP contribution in [0.3, 0.4) is 0 Å². The van der Waals surface area contributed by atoms with Gasteiger partial charge in [0.05, 0.1) is 0 Å². The fourth-order valence-corrected chi connectivity index (χ4v) is 11.1.